The lowest BCUT2D eigenvalue weighted by molar-refractivity contribution is 0.355. The van der Waals surface area contributed by atoms with Crippen LogP contribution < -0.4 is 14.2 Å². The zero-order valence-corrected chi connectivity index (χ0v) is 15.9. The van der Waals surface area contributed by atoms with E-state index in [-0.39, 0.29) is 5.75 Å². The summed E-state index contributed by atoms with van der Waals surface area (Å²) >= 11 is 6.82. The average molecular weight is 445 g/mol. The zero-order valence-electron chi connectivity index (χ0n) is 12.8. The fraction of sp³-hybridized carbons (Fsp3) is 0.188. The number of methoxy groups -OCH3 is 3. The second-order valence-corrected chi connectivity index (χ2v) is 6.08. The first-order valence-electron chi connectivity index (χ1n) is 6.52. The third-order valence-corrected chi connectivity index (χ3v) is 5.13. The summed E-state index contributed by atoms with van der Waals surface area (Å²) in [6.07, 6.45) is 1.55. The van der Waals surface area contributed by atoms with Crippen LogP contribution in [-0.2, 0) is 0 Å². The van der Waals surface area contributed by atoms with Gasteiger partial charge in [-0.25, -0.2) is 0 Å². The first kappa shape index (κ1) is 17.6. The first-order chi connectivity index (χ1) is 11.0. The van der Waals surface area contributed by atoms with Crippen LogP contribution in [0, 0.1) is 0 Å². The summed E-state index contributed by atoms with van der Waals surface area (Å²) < 4.78 is 17.0. The van der Waals surface area contributed by atoms with Gasteiger partial charge in [-0.2, -0.15) is 0 Å². The van der Waals surface area contributed by atoms with Gasteiger partial charge in [0.25, 0.3) is 0 Å². The molecular formula is C16H15Br2NO4. The van der Waals surface area contributed by atoms with Crippen molar-refractivity contribution < 1.29 is 19.3 Å². The van der Waals surface area contributed by atoms with Gasteiger partial charge in [-0.05, 0) is 50.1 Å². The topological polar surface area (TPSA) is 60.3 Å². The molecular weight excluding hydrogens is 430 g/mol. The maximum Gasteiger partial charge on any atom is 0.167 e. The van der Waals surface area contributed by atoms with E-state index in [1.54, 1.807) is 44.7 Å². The third-order valence-electron chi connectivity index (χ3n) is 3.12. The zero-order chi connectivity index (χ0) is 17.0. The molecule has 122 valence electrons. The summed E-state index contributed by atoms with van der Waals surface area (Å²) in [5, 5.41) is 10.2. The Bertz CT molecular complexity index is 747. The molecule has 0 aliphatic heterocycles. The predicted molar refractivity (Wildman–Crippen MR) is 96.9 cm³/mol. The highest BCUT2D eigenvalue weighted by molar-refractivity contribution is 9.13. The number of rotatable bonds is 5. The van der Waals surface area contributed by atoms with Gasteiger partial charge in [0, 0.05) is 21.2 Å². The number of phenols is 1. The lowest BCUT2D eigenvalue weighted by Crippen LogP contribution is -1.92. The Morgan fingerprint density at radius 1 is 0.957 bits per heavy atom. The highest BCUT2D eigenvalue weighted by Crippen LogP contribution is 2.40. The molecule has 0 amide bonds. The standard InChI is InChI=1S/C16H15Br2NO4/c1-21-12-5-4-9(6-13(12)22-2)19-8-10-15(18)11(17)7-14(23-3)16(10)20/h4-8,20H,1-3H3. The summed E-state index contributed by atoms with van der Waals surface area (Å²) in [4.78, 5) is 4.37. The molecule has 0 unspecified atom stereocenters. The van der Waals surface area contributed by atoms with Crippen LogP contribution in [0.5, 0.6) is 23.0 Å². The van der Waals surface area contributed by atoms with Crippen LogP contribution in [0.3, 0.4) is 0 Å². The largest absolute Gasteiger partial charge is 0.504 e. The molecule has 2 aromatic carbocycles. The Hall–Kier alpha value is -1.73. The van der Waals surface area contributed by atoms with Gasteiger partial charge in [-0.15, -0.1) is 0 Å². The van der Waals surface area contributed by atoms with Gasteiger partial charge in [0.1, 0.15) is 0 Å². The summed E-state index contributed by atoms with van der Waals surface area (Å²) in [6.45, 7) is 0. The molecule has 0 saturated carbocycles. The summed E-state index contributed by atoms with van der Waals surface area (Å²) in [7, 11) is 4.63. The monoisotopic (exact) mass is 443 g/mol. The molecule has 0 heterocycles. The fourth-order valence-electron chi connectivity index (χ4n) is 1.93. The molecule has 0 fully saturated rings. The Labute approximate surface area is 151 Å². The molecule has 0 bridgehead atoms. The quantitative estimate of drug-likeness (QED) is 0.679. The molecule has 0 atom stereocenters. The van der Waals surface area contributed by atoms with E-state index in [4.69, 9.17) is 14.2 Å². The molecule has 0 saturated heterocycles. The van der Waals surface area contributed by atoms with Crippen molar-refractivity contribution in [3.05, 3.63) is 38.8 Å². The summed E-state index contributed by atoms with van der Waals surface area (Å²) in [5.74, 6) is 1.57. The van der Waals surface area contributed by atoms with E-state index in [1.807, 2.05) is 0 Å². The van der Waals surface area contributed by atoms with Crippen molar-refractivity contribution in [2.45, 2.75) is 0 Å². The number of phenolic OH excluding ortho intramolecular Hbond substituents is 1. The third kappa shape index (κ3) is 3.79. The number of hydrogen-bond donors (Lipinski definition) is 1. The van der Waals surface area contributed by atoms with Crippen molar-refractivity contribution in [3.63, 3.8) is 0 Å². The Kier molecular flexibility index (Phi) is 5.90. The van der Waals surface area contributed by atoms with Gasteiger partial charge in [0.2, 0.25) is 0 Å². The van der Waals surface area contributed by atoms with Gasteiger partial charge in [-0.3, -0.25) is 4.99 Å². The molecule has 2 aromatic rings. The van der Waals surface area contributed by atoms with E-state index >= 15 is 0 Å². The number of nitrogens with zero attached hydrogens (tertiary/aromatic N) is 1. The predicted octanol–water partition coefficient (Wildman–Crippen LogP) is 4.69. The molecule has 2 rings (SSSR count). The molecule has 0 aliphatic carbocycles. The lowest BCUT2D eigenvalue weighted by atomic mass is 10.2. The van der Waals surface area contributed by atoms with Crippen molar-refractivity contribution >= 4 is 43.8 Å². The molecule has 5 nitrogen and oxygen atoms in total. The van der Waals surface area contributed by atoms with Gasteiger partial charge in [-0.1, -0.05) is 0 Å². The number of benzene rings is 2. The van der Waals surface area contributed by atoms with Gasteiger partial charge in [0.05, 0.1) is 32.6 Å². The second kappa shape index (κ2) is 7.70. The molecule has 0 spiro atoms. The maximum atomic E-state index is 10.2. The minimum absolute atomic E-state index is 0.00630. The molecule has 23 heavy (non-hydrogen) atoms. The van der Waals surface area contributed by atoms with E-state index < -0.39 is 0 Å². The summed E-state index contributed by atoms with van der Waals surface area (Å²) in [6, 6.07) is 6.97. The summed E-state index contributed by atoms with van der Waals surface area (Å²) in [5.41, 5.74) is 1.17. The maximum absolute atomic E-state index is 10.2. The fourth-order valence-corrected chi connectivity index (χ4v) is 2.76. The van der Waals surface area contributed by atoms with Crippen LogP contribution in [0.1, 0.15) is 5.56 Å². The minimum atomic E-state index is 0.00630. The van der Waals surface area contributed by atoms with Crippen molar-refractivity contribution in [1.82, 2.24) is 0 Å². The van der Waals surface area contributed by atoms with E-state index in [2.05, 4.69) is 36.9 Å². The average Bonchev–Trinajstić information content (AvgIpc) is 2.57. The number of aromatic hydroxyl groups is 1. The smallest absolute Gasteiger partial charge is 0.167 e. The highest BCUT2D eigenvalue weighted by Gasteiger charge is 2.14. The van der Waals surface area contributed by atoms with Crippen molar-refractivity contribution in [3.8, 4) is 23.0 Å². The van der Waals surface area contributed by atoms with E-state index in [9.17, 15) is 5.11 Å². The van der Waals surface area contributed by atoms with Crippen LogP contribution in [0.4, 0.5) is 5.69 Å². The van der Waals surface area contributed by atoms with Gasteiger partial charge >= 0.3 is 0 Å². The second-order valence-electron chi connectivity index (χ2n) is 4.43. The van der Waals surface area contributed by atoms with E-state index in [1.165, 1.54) is 7.11 Å². The van der Waals surface area contributed by atoms with Crippen LogP contribution in [-0.4, -0.2) is 32.7 Å². The van der Waals surface area contributed by atoms with Crippen molar-refractivity contribution in [2.75, 3.05) is 21.3 Å². The normalized spacial score (nSPS) is 10.8. The highest BCUT2D eigenvalue weighted by atomic mass is 79.9. The van der Waals surface area contributed by atoms with Gasteiger partial charge < -0.3 is 19.3 Å². The number of aliphatic imine (C=N–C) groups is 1. The van der Waals surface area contributed by atoms with E-state index in [0.717, 1.165) is 4.47 Å². The lowest BCUT2D eigenvalue weighted by Gasteiger charge is -2.10. The van der Waals surface area contributed by atoms with Crippen LogP contribution in [0.15, 0.2) is 38.2 Å². The van der Waals surface area contributed by atoms with Crippen LogP contribution >= 0.6 is 31.9 Å². The SMILES string of the molecule is COc1ccc(N=Cc2c(O)c(OC)cc(Br)c2Br)cc1OC. The Balaban J connectivity index is 2.43. The Morgan fingerprint density at radius 2 is 1.61 bits per heavy atom. The minimum Gasteiger partial charge on any atom is -0.504 e. The van der Waals surface area contributed by atoms with Crippen LogP contribution in [0.2, 0.25) is 0 Å². The number of ether oxygens (including phenoxy) is 3. The Morgan fingerprint density at radius 3 is 2.22 bits per heavy atom. The molecule has 1 N–H and O–H groups in total. The van der Waals surface area contributed by atoms with Crippen molar-refractivity contribution in [1.29, 1.82) is 0 Å². The van der Waals surface area contributed by atoms with Crippen molar-refractivity contribution in [2.24, 2.45) is 4.99 Å². The molecule has 0 radical (unpaired) electrons. The molecule has 0 aliphatic rings. The molecule has 7 heteroatoms. The van der Waals surface area contributed by atoms with Crippen LogP contribution in [0.25, 0.3) is 0 Å². The molecule has 0 aromatic heterocycles. The van der Waals surface area contributed by atoms with Gasteiger partial charge in [0.15, 0.2) is 23.0 Å². The number of halogens is 2. The van der Waals surface area contributed by atoms with E-state index in [0.29, 0.717) is 33.0 Å². The first-order valence-corrected chi connectivity index (χ1v) is 8.11. The number of hydrogen-bond acceptors (Lipinski definition) is 5.